The van der Waals surface area contributed by atoms with Gasteiger partial charge in [0.2, 0.25) is 0 Å². The van der Waals surface area contributed by atoms with Crippen LogP contribution in [0.4, 0.5) is 0 Å². The van der Waals surface area contributed by atoms with Crippen LogP contribution in [-0.2, 0) is 5.41 Å². The van der Waals surface area contributed by atoms with Gasteiger partial charge in [-0.1, -0.05) is 194 Å². The van der Waals surface area contributed by atoms with E-state index in [1.165, 1.54) is 81.4 Å². The lowest BCUT2D eigenvalue weighted by Gasteiger charge is -2.31. The largest absolute Gasteiger partial charge is 0.208 e. The summed E-state index contributed by atoms with van der Waals surface area (Å²) in [6, 6.07) is 86.1. The second kappa shape index (κ2) is 15.2. The van der Waals surface area contributed by atoms with Crippen LogP contribution < -0.4 is 0 Å². The Labute approximate surface area is 398 Å². The molecule has 10 aromatic carbocycles. The molecule has 2 aromatic heterocycles. The Balaban J connectivity index is 0.976. The zero-order valence-electron chi connectivity index (χ0n) is 36.8. The average Bonchev–Trinajstić information content (AvgIpc) is 4.04. The van der Waals surface area contributed by atoms with Crippen molar-refractivity contribution in [1.82, 2.24) is 15.0 Å². The highest BCUT2D eigenvalue weighted by Crippen LogP contribution is 2.64. The van der Waals surface area contributed by atoms with Gasteiger partial charge in [0, 0.05) is 36.9 Å². The van der Waals surface area contributed by atoms with Crippen molar-refractivity contribution in [3.8, 4) is 89.8 Å². The summed E-state index contributed by atoms with van der Waals surface area (Å²) in [6.07, 6.45) is 0. The molecule has 316 valence electrons. The molecule has 14 rings (SSSR count). The number of nitrogens with zero attached hydrogens (tertiary/aromatic N) is 3. The van der Waals surface area contributed by atoms with Crippen LogP contribution in [0.15, 0.2) is 237 Å². The predicted molar refractivity (Wildman–Crippen MR) is 282 cm³/mol. The molecular formula is C64H39N3S. The zero-order valence-corrected chi connectivity index (χ0v) is 37.6. The van der Waals surface area contributed by atoms with E-state index in [1.54, 1.807) is 0 Å². The van der Waals surface area contributed by atoms with Gasteiger partial charge in [-0.05, 0) is 120 Å². The monoisotopic (exact) mass is 881 g/mol. The van der Waals surface area contributed by atoms with Crippen molar-refractivity contribution < 1.29 is 0 Å². The molecule has 68 heavy (non-hydrogen) atoms. The zero-order chi connectivity index (χ0) is 44.8. The highest BCUT2D eigenvalue weighted by molar-refractivity contribution is 7.25. The Morgan fingerprint density at radius 2 is 0.691 bits per heavy atom. The maximum atomic E-state index is 5.08. The molecule has 0 atom stereocenters. The van der Waals surface area contributed by atoms with Gasteiger partial charge in [0.05, 0.1) is 5.41 Å². The topological polar surface area (TPSA) is 38.7 Å². The SMILES string of the molecule is c1ccc(-c2nc(-c3ccccc3)nc(-c3cccc(-c4cccc(-c5cc6c(cc5-c5ccc7sc8ccccc8c7c5)-c5ccccc5C65c6ccccc6-c6ccccc65)c4)c3)n2)cc1. The molecular weight excluding hydrogens is 843 g/mol. The second-order valence-corrected chi connectivity index (χ2v) is 18.9. The van der Waals surface area contributed by atoms with Crippen LogP contribution in [0.5, 0.6) is 0 Å². The molecule has 1 spiro atoms. The van der Waals surface area contributed by atoms with Gasteiger partial charge in [0.25, 0.3) is 0 Å². The fraction of sp³-hybridized carbons (Fsp3) is 0.0156. The highest BCUT2D eigenvalue weighted by Gasteiger charge is 2.51. The van der Waals surface area contributed by atoms with Gasteiger partial charge >= 0.3 is 0 Å². The Kier molecular flexibility index (Phi) is 8.67. The van der Waals surface area contributed by atoms with Crippen LogP contribution in [0, 0.1) is 0 Å². The number of hydrogen-bond acceptors (Lipinski definition) is 4. The normalized spacial score (nSPS) is 12.8. The summed E-state index contributed by atoms with van der Waals surface area (Å²) in [7, 11) is 0. The van der Waals surface area contributed by atoms with Crippen LogP contribution >= 0.6 is 11.3 Å². The van der Waals surface area contributed by atoms with Crippen molar-refractivity contribution in [3.05, 3.63) is 259 Å². The first-order valence-corrected chi connectivity index (χ1v) is 24.0. The maximum Gasteiger partial charge on any atom is 0.164 e. The van der Waals surface area contributed by atoms with Gasteiger partial charge in [0.1, 0.15) is 0 Å². The van der Waals surface area contributed by atoms with E-state index in [2.05, 4.69) is 200 Å². The van der Waals surface area contributed by atoms with E-state index in [9.17, 15) is 0 Å². The van der Waals surface area contributed by atoms with Crippen LogP contribution in [0.3, 0.4) is 0 Å². The lowest BCUT2D eigenvalue weighted by molar-refractivity contribution is 0.794. The summed E-state index contributed by atoms with van der Waals surface area (Å²) >= 11 is 1.86. The standard InChI is InChI=1S/C64H39N3S/c1-3-17-40(18-4-1)61-65-62(41-19-5-2-6-20-41)67-63(66-61)46-24-16-22-43(36-46)42-21-15-23-44(35-42)52-39-58-53(38-51(52)45-33-34-60-54(37-45)50-28-10-14-32-59(50)68-60)49-27-9-13-31-57(49)64(58)55-29-11-7-25-47(55)48-26-8-12-30-56(48)64/h1-39H. The number of benzene rings is 10. The molecule has 0 saturated carbocycles. The minimum absolute atomic E-state index is 0.465. The van der Waals surface area contributed by atoms with E-state index in [0.29, 0.717) is 17.5 Å². The van der Waals surface area contributed by atoms with E-state index >= 15 is 0 Å². The molecule has 0 saturated heterocycles. The van der Waals surface area contributed by atoms with Gasteiger partial charge in [-0.25, -0.2) is 15.0 Å². The van der Waals surface area contributed by atoms with Crippen molar-refractivity contribution >= 4 is 31.5 Å². The Morgan fingerprint density at radius 1 is 0.250 bits per heavy atom. The Morgan fingerprint density at radius 3 is 1.32 bits per heavy atom. The third-order valence-corrected chi connectivity index (χ3v) is 15.3. The Bertz CT molecular complexity index is 3880. The molecule has 12 aromatic rings. The molecule has 0 aliphatic heterocycles. The summed E-state index contributed by atoms with van der Waals surface area (Å²) in [5.74, 6) is 1.93. The smallest absolute Gasteiger partial charge is 0.164 e. The molecule has 0 fully saturated rings. The van der Waals surface area contributed by atoms with Gasteiger partial charge in [-0.15, -0.1) is 11.3 Å². The summed E-state index contributed by atoms with van der Waals surface area (Å²) < 4.78 is 2.61. The summed E-state index contributed by atoms with van der Waals surface area (Å²) in [5, 5.41) is 2.59. The van der Waals surface area contributed by atoms with Crippen LogP contribution in [0.25, 0.3) is 110 Å². The molecule has 0 amide bonds. The first-order valence-electron chi connectivity index (χ1n) is 23.2. The predicted octanol–water partition coefficient (Wildman–Crippen LogP) is 16.6. The molecule has 0 radical (unpaired) electrons. The number of fused-ring (bicyclic) bond motifs is 13. The quantitative estimate of drug-likeness (QED) is 0.167. The van der Waals surface area contributed by atoms with E-state index < -0.39 is 5.41 Å². The van der Waals surface area contributed by atoms with E-state index in [0.717, 1.165) is 33.4 Å². The third-order valence-electron chi connectivity index (χ3n) is 14.2. The minimum atomic E-state index is -0.465. The van der Waals surface area contributed by atoms with E-state index in [-0.39, 0.29) is 0 Å². The Hall–Kier alpha value is -8.57. The molecule has 2 aliphatic carbocycles. The molecule has 2 heterocycles. The van der Waals surface area contributed by atoms with Crippen molar-refractivity contribution in [2.24, 2.45) is 0 Å². The third kappa shape index (κ3) is 5.88. The van der Waals surface area contributed by atoms with Crippen molar-refractivity contribution in [3.63, 3.8) is 0 Å². The van der Waals surface area contributed by atoms with Gasteiger partial charge in [0.15, 0.2) is 17.5 Å². The fourth-order valence-electron chi connectivity index (χ4n) is 11.2. The van der Waals surface area contributed by atoms with Gasteiger partial charge in [-0.3, -0.25) is 0 Å². The first kappa shape index (κ1) is 38.7. The van der Waals surface area contributed by atoms with Crippen molar-refractivity contribution in [1.29, 1.82) is 0 Å². The summed E-state index contributed by atoms with van der Waals surface area (Å²) in [4.78, 5) is 15.1. The molecule has 2 aliphatic rings. The highest BCUT2D eigenvalue weighted by atomic mass is 32.1. The molecule has 4 heteroatoms. The number of aromatic nitrogens is 3. The molecule has 3 nitrogen and oxygen atoms in total. The lowest BCUT2D eigenvalue weighted by Crippen LogP contribution is -2.25. The fourth-order valence-corrected chi connectivity index (χ4v) is 12.2. The number of rotatable bonds is 6. The van der Waals surface area contributed by atoms with Gasteiger partial charge in [-0.2, -0.15) is 0 Å². The molecule has 0 unspecified atom stereocenters. The van der Waals surface area contributed by atoms with E-state index in [1.807, 2.05) is 47.7 Å². The summed E-state index contributed by atoms with van der Waals surface area (Å²) in [6.45, 7) is 0. The van der Waals surface area contributed by atoms with Crippen LogP contribution in [0.2, 0.25) is 0 Å². The first-order chi connectivity index (χ1) is 33.7. The lowest BCUT2D eigenvalue weighted by atomic mass is 9.70. The van der Waals surface area contributed by atoms with Crippen LogP contribution in [-0.4, -0.2) is 15.0 Å². The molecule has 0 N–H and O–H groups in total. The van der Waals surface area contributed by atoms with Gasteiger partial charge < -0.3 is 0 Å². The minimum Gasteiger partial charge on any atom is -0.208 e. The second-order valence-electron chi connectivity index (χ2n) is 17.8. The van der Waals surface area contributed by atoms with E-state index in [4.69, 9.17) is 15.0 Å². The van der Waals surface area contributed by atoms with Crippen molar-refractivity contribution in [2.75, 3.05) is 0 Å². The summed E-state index contributed by atoms with van der Waals surface area (Å²) in [5.41, 5.74) is 19.9. The van der Waals surface area contributed by atoms with Crippen molar-refractivity contribution in [2.45, 2.75) is 5.41 Å². The molecule has 0 bridgehead atoms. The average molecular weight is 882 g/mol. The number of hydrogen-bond donors (Lipinski definition) is 0. The number of thiophene rings is 1. The maximum absolute atomic E-state index is 5.08. The van der Waals surface area contributed by atoms with Crippen LogP contribution in [0.1, 0.15) is 22.3 Å².